The third-order valence-electron chi connectivity index (χ3n) is 7.70. The number of aryl methyl sites for hydroxylation is 1. The van der Waals surface area contributed by atoms with Gasteiger partial charge in [-0.2, -0.15) is 0 Å². The largest absolute Gasteiger partial charge is 0.494 e. The summed E-state index contributed by atoms with van der Waals surface area (Å²) in [4.78, 5) is 24.8. The highest BCUT2D eigenvalue weighted by Crippen LogP contribution is 2.29. The van der Waals surface area contributed by atoms with E-state index >= 15 is 0 Å². The summed E-state index contributed by atoms with van der Waals surface area (Å²) in [7, 11) is 0. The number of hydrogen-bond donors (Lipinski definition) is 2. The van der Waals surface area contributed by atoms with Crippen LogP contribution in [-0.2, 0) is 6.54 Å². The van der Waals surface area contributed by atoms with Gasteiger partial charge in [-0.15, -0.1) is 0 Å². The fraction of sp³-hybridized carbons (Fsp3) is 0.200. The van der Waals surface area contributed by atoms with Crippen LogP contribution in [0.15, 0.2) is 91.0 Å². The Kier molecular flexibility index (Phi) is 7.92. The minimum Gasteiger partial charge on any atom is -0.494 e. The van der Waals surface area contributed by atoms with Crippen molar-refractivity contribution in [3.8, 4) is 16.9 Å². The second-order valence-electron chi connectivity index (χ2n) is 10.3. The lowest BCUT2D eigenvalue weighted by Crippen LogP contribution is -2.26. The van der Waals surface area contributed by atoms with Crippen LogP contribution in [0, 0.1) is 13.8 Å². The number of rotatable bonds is 9. The zero-order valence-corrected chi connectivity index (χ0v) is 23.8. The number of carboxylic acid groups (broad SMARTS) is 1. The van der Waals surface area contributed by atoms with Crippen molar-refractivity contribution in [2.45, 2.75) is 40.3 Å². The predicted octanol–water partition coefficient (Wildman–Crippen LogP) is 7.56. The van der Waals surface area contributed by atoms with Gasteiger partial charge in [-0.25, -0.2) is 4.79 Å². The molecule has 41 heavy (non-hydrogen) atoms. The van der Waals surface area contributed by atoms with Crippen LogP contribution in [0.2, 0.25) is 0 Å². The molecule has 5 aromatic rings. The summed E-state index contributed by atoms with van der Waals surface area (Å²) >= 11 is 0. The van der Waals surface area contributed by atoms with Crippen LogP contribution in [0.1, 0.15) is 63.0 Å². The Morgan fingerprint density at radius 3 is 2.32 bits per heavy atom. The van der Waals surface area contributed by atoms with Crippen molar-refractivity contribution in [1.29, 1.82) is 0 Å². The van der Waals surface area contributed by atoms with Gasteiger partial charge >= 0.3 is 5.97 Å². The third kappa shape index (κ3) is 5.73. The summed E-state index contributed by atoms with van der Waals surface area (Å²) < 4.78 is 7.78. The molecule has 1 heterocycles. The van der Waals surface area contributed by atoms with Gasteiger partial charge in [0, 0.05) is 28.7 Å². The molecule has 0 aliphatic heterocycles. The summed E-state index contributed by atoms with van der Waals surface area (Å²) in [5.74, 6) is -0.237. The van der Waals surface area contributed by atoms with Gasteiger partial charge in [0.25, 0.3) is 5.91 Å². The molecule has 6 nitrogen and oxygen atoms in total. The van der Waals surface area contributed by atoms with Crippen molar-refractivity contribution in [2.75, 3.05) is 6.61 Å². The van der Waals surface area contributed by atoms with E-state index in [1.165, 1.54) is 0 Å². The number of amides is 1. The van der Waals surface area contributed by atoms with Crippen LogP contribution in [-0.4, -0.2) is 28.2 Å². The number of benzene rings is 4. The molecule has 0 spiro atoms. The van der Waals surface area contributed by atoms with E-state index in [-0.39, 0.29) is 17.5 Å². The minimum atomic E-state index is -0.937. The number of hydrogen-bond acceptors (Lipinski definition) is 3. The van der Waals surface area contributed by atoms with Crippen molar-refractivity contribution in [2.24, 2.45) is 0 Å². The second kappa shape index (κ2) is 11.7. The molecule has 208 valence electrons. The summed E-state index contributed by atoms with van der Waals surface area (Å²) in [6, 6.07) is 28.6. The first-order valence-electron chi connectivity index (χ1n) is 13.8. The van der Waals surface area contributed by atoms with Gasteiger partial charge in [0.1, 0.15) is 5.75 Å². The van der Waals surface area contributed by atoms with Gasteiger partial charge in [0.2, 0.25) is 0 Å². The van der Waals surface area contributed by atoms with E-state index in [1.54, 1.807) is 12.1 Å². The first-order chi connectivity index (χ1) is 19.8. The average Bonchev–Trinajstić information content (AvgIpc) is 3.22. The standard InChI is InChI=1S/C35H34N2O4/c1-5-41-29-17-14-26(15-18-29)23(3)36-34(38)28-16-19-33-32(20-28)22(2)24(4)37(33)21-25-10-12-27(13-11-25)30-8-6-7-9-31(30)35(39)40/h6-20,23H,5,21H2,1-4H3,(H,36,38)(H,39,40). The predicted molar refractivity (Wildman–Crippen MR) is 163 cm³/mol. The number of nitrogens with one attached hydrogen (secondary N) is 1. The fourth-order valence-corrected chi connectivity index (χ4v) is 5.27. The van der Waals surface area contributed by atoms with Crippen molar-refractivity contribution < 1.29 is 19.4 Å². The zero-order valence-electron chi connectivity index (χ0n) is 23.8. The lowest BCUT2D eigenvalue weighted by atomic mass is 9.99. The van der Waals surface area contributed by atoms with E-state index in [1.807, 2.05) is 92.7 Å². The molecule has 0 aliphatic carbocycles. The van der Waals surface area contributed by atoms with E-state index in [9.17, 15) is 14.7 Å². The molecule has 1 amide bonds. The molecular weight excluding hydrogens is 512 g/mol. The molecule has 0 fully saturated rings. The SMILES string of the molecule is CCOc1ccc(C(C)NC(=O)c2ccc3c(c2)c(C)c(C)n3Cc2ccc(-c3ccccc3C(=O)O)cc2)cc1. The molecule has 4 aromatic carbocycles. The maximum absolute atomic E-state index is 13.2. The number of fused-ring (bicyclic) bond motifs is 1. The van der Waals surface area contributed by atoms with Crippen LogP contribution >= 0.6 is 0 Å². The highest BCUT2D eigenvalue weighted by Gasteiger charge is 2.17. The number of nitrogens with zero attached hydrogens (tertiary/aromatic N) is 1. The quantitative estimate of drug-likeness (QED) is 0.200. The van der Waals surface area contributed by atoms with E-state index in [0.29, 0.717) is 24.3 Å². The average molecular weight is 547 g/mol. The Hall–Kier alpha value is -4.84. The first-order valence-corrected chi connectivity index (χ1v) is 13.8. The van der Waals surface area contributed by atoms with Crippen LogP contribution in [0.4, 0.5) is 0 Å². The van der Waals surface area contributed by atoms with E-state index in [2.05, 4.69) is 23.7 Å². The number of carbonyl (C=O) groups is 2. The molecule has 0 bridgehead atoms. The van der Waals surface area contributed by atoms with Crippen LogP contribution in [0.25, 0.3) is 22.0 Å². The summed E-state index contributed by atoms with van der Waals surface area (Å²) in [5.41, 5.74) is 7.94. The van der Waals surface area contributed by atoms with Crippen molar-refractivity contribution in [3.63, 3.8) is 0 Å². The third-order valence-corrected chi connectivity index (χ3v) is 7.70. The molecule has 5 rings (SSSR count). The number of carbonyl (C=O) groups excluding carboxylic acids is 1. The lowest BCUT2D eigenvalue weighted by molar-refractivity contribution is 0.0697. The first kappa shape index (κ1) is 27.7. The van der Waals surface area contributed by atoms with Crippen molar-refractivity contribution in [1.82, 2.24) is 9.88 Å². The van der Waals surface area contributed by atoms with Crippen LogP contribution in [0.3, 0.4) is 0 Å². The smallest absolute Gasteiger partial charge is 0.336 e. The van der Waals surface area contributed by atoms with Crippen molar-refractivity contribution in [3.05, 3.63) is 125 Å². The van der Waals surface area contributed by atoms with Crippen LogP contribution < -0.4 is 10.1 Å². The molecule has 0 saturated carbocycles. The second-order valence-corrected chi connectivity index (χ2v) is 10.3. The molecular formula is C35H34N2O4. The highest BCUT2D eigenvalue weighted by molar-refractivity contribution is 5.99. The molecule has 0 aliphatic rings. The summed E-state index contributed by atoms with van der Waals surface area (Å²) in [6.45, 7) is 9.39. The minimum absolute atomic E-state index is 0.115. The summed E-state index contributed by atoms with van der Waals surface area (Å²) in [5, 5.41) is 13.7. The van der Waals surface area contributed by atoms with E-state index in [4.69, 9.17) is 4.74 Å². The monoisotopic (exact) mass is 546 g/mol. The van der Waals surface area contributed by atoms with Gasteiger partial charge in [0.15, 0.2) is 0 Å². The van der Waals surface area contributed by atoms with Crippen LogP contribution in [0.5, 0.6) is 5.75 Å². The normalized spacial score (nSPS) is 11.8. The Balaban J connectivity index is 1.35. The molecule has 1 atom stereocenters. The zero-order chi connectivity index (χ0) is 29.1. The number of carboxylic acids is 1. The van der Waals surface area contributed by atoms with Crippen molar-refractivity contribution >= 4 is 22.8 Å². The maximum atomic E-state index is 13.2. The molecule has 2 N–H and O–H groups in total. The highest BCUT2D eigenvalue weighted by atomic mass is 16.5. The van der Waals surface area contributed by atoms with Gasteiger partial charge in [-0.1, -0.05) is 54.6 Å². The van der Waals surface area contributed by atoms with Gasteiger partial charge in [-0.3, -0.25) is 4.79 Å². The Morgan fingerprint density at radius 2 is 1.63 bits per heavy atom. The Morgan fingerprint density at radius 1 is 0.927 bits per heavy atom. The van der Waals surface area contributed by atoms with E-state index < -0.39 is 5.97 Å². The Bertz CT molecular complexity index is 1720. The molecule has 1 unspecified atom stereocenters. The molecule has 0 radical (unpaired) electrons. The Labute approximate surface area is 240 Å². The van der Waals surface area contributed by atoms with E-state index in [0.717, 1.165) is 44.6 Å². The summed E-state index contributed by atoms with van der Waals surface area (Å²) in [6.07, 6.45) is 0. The number of aromatic nitrogens is 1. The maximum Gasteiger partial charge on any atom is 0.336 e. The molecule has 1 aromatic heterocycles. The number of aromatic carboxylic acids is 1. The lowest BCUT2D eigenvalue weighted by Gasteiger charge is -2.15. The fourth-order valence-electron chi connectivity index (χ4n) is 5.27. The van der Waals surface area contributed by atoms with Gasteiger partial charge in [-0.05, 0) is 91.9 Å². The number of ether oxygens (including phenoxy) is 1. The van der Waals surface area contributed by atoms with Gasteiger partial charge < -0.3 is 19.7 Å². The molecule has 6 heteroatoms. The van der Waals surface area contributed by atoms with Gasteiger partial charge in [0.05, 0.1) is 18.2 Å². The molecule has 0 saturated heterocycles. The topological polar surface area (TPSA) is 80.6 Å².